The number of rotatable bonds is 0. The van der Waals surface area contributed by atoms with Crippen molar-refractivity contribution in [2.45, 2.75) is 0 Å². The Morgan fingerprint density at radius 3 is 1.00 bits per heavy atom. The van der Waals surface area contributed by atoms with Crippen molar-refractivity contribution in [1.82, 2.24) is 6.15 Å². The molecule has 4 radical (unpaired) electrons. The van der Waals surface area contributed by atoms with Crippen LogP contribution in [0.15, 0.2) is 0 Å². The molecule has 0 aliphatic carbocycles. The van der Waals surface area contributed by atoms with E-state index in [1.54, 1.807) is 0 Å². The molecule has 0 fully saturated rings. The van der Waals surface area contributed by atoms with Crippen LogP contribution in [0.25, 0.3) is 0 Å². The molecule has 0 atom stereocenters. The molecule has 0 amide bonds. The number of nitrogens with zero attached hydrogens (tertiary/aromatic N) is 1. The van der Waals surface area contributed by atoms with E-state index >= 15 is 0 Å². The van der Waals surface area contributed by atoms with Gasteiger partial charge in [-0.05, 0) is 0 Å². The summed E-state index contributed by atoms with van der Waals surface area (Å²) in [5.74, 6) is 0. The second-order valence-corrected chi connectivity index (χ2v) is 0. The Bertz CT molecular complexity index is 8.00. The Kier molecular flexibility index (Phi) is 246. The summed E-state index contributed by atoms with van der Waals surface area (Å²) in [4.78, 5) is 0. The first-order chi connectivity index (χ1) is 0. The molecule has 0 bridgehead atoms. The maximum atomic E-state index is 0. The molecule has 4 heavy (non-hydrogen) atoms. The van der Waals surface area contributed by atoms with Crippen LogP contribution in [-0.2, 0) is 55.2 Å². The topological polar surface area (TPSA) is 30.5 Å². The summed E-state index contributed by atoms with van der Waals surface area (Å²) in [5, 5.41) is 0. The summed E-state index contributed by atoms with van der Waals surface area (Å²) in [5.41, 5.74) is 0. The molecule has 0 aromatic rings. The van der Waals surface area contributed by atoms with Gasteiger partial charge in [0.15, 0.2) is 0 Å². The first-order valence-electron chi connectivity index (χ1n) is 0. The summed E-state index contributed by atoms with van der Waals surface area (Å²) in [6.07, 6.45) is 0. The quantitative estimate of drug-likeness (QED) is 0.494. The predicted octanol–water partition coefficient (Wildman–Crippen LogP) is -0.488. The fourth-order valence-electron chi connectivity index (χ4n) is 0. The smallest absolute Gasteiger partial charge is 0 e. The molecule has 0 spiro atoms. The predicted molar refractivity (Wildman–Crippen MR) is 2.13 cm³/mol. The summed E-state index contributed by atoms with van der Waals surface area (Å²) in [6, 6.07) is 0. The van der Waals surface area contributed by atoms with Crippen LogP contribution in [0, 0.1) is 0 Å². The van der Waals surface area contributed by atoms with Crippen molar-refractivity contribution in [3.63, 3.8) is 0 Å². The molecule has 4 heteroatoms. The van der Waals surface area contributed by atoms with Crippen LogP contribution in [-0.4, -0.2) is 0 Å². The average Bonchev–Trinajstić information content (AvgIpc) is 0. The Morgan fingerprint density at radius 2 is 1.00 bits per heavy atom. The second kappa shape index (κ2) is 22.4. The van der Waals surface area contributed by atoms with E-state index in [0.29, 0.717) is 0 Å². The van der Waals surface area contributed by atoms with Crippen LogP contribution in [0.1, 0.15) is 0 Å². The maximum absolute atomic E-state index is 0. The van der Waals surface area contributed by atoms with Gasteiger partial charge in [-0.15, -0.1) is 0 Å². The third-order valence-corrected chi connectivity index (χ3v) is 0. The third-order valence-electron chi connectivity index (χ3n) is 0. The van der Waals surface area contributed by atoms with Crippen molar-refractivity contribution in [3.05, 3.63) is 0 Å². The largest absolute Gasteiger partial charge is 0 e. The van der Waals surface area contributed by atoms with Gasteiger partial charge >= 0.3 is 0 Å². The van der Waals surface area contributed by atoms with E-state index in [9.17, 15) is 0 Å². The standard InChI is InChI=1S/Co.Cr.Mo.N. The molecule has 0 unspecified atom stereocenters. The SMILES string of the molecule is [Co].[Cr].[Mo].[N]. The molecule has 0 aliphatic heterocycles. The average molecular weight is 221 g/mol. The zero-order valence-corrected chi connectivity index (χ0v) is 5.92. The van der Waals surface area contributed by atoms with Gasteiger partial charge in [0.25, 0.3) is 0 Å². The Morgan fingerprint density at radius 1 is 1.00 bits per heavy atom. The molecule has 26 valence electrons. The first-order valence-corrected chi connectivity index (χ1v) is 0. The summed E-state index contributed by atoms with van der Waals surface area (Å²) < 4.78 is 0. The molecule has 0 rings (SSSR count). The third kappa shape index (κ3) is 9.35. The number of hydrogen-bond donors (Lipinski definition) is 0. The van der Waals surface area contributed by atoms with E-state index in [0.717, 1.165) is 0 Å². The van der Waals surface area contributed by atoms with E-state index in [1.165, 1.54) is 0 Å². The van der Waals surface area contributed by atoms with Crippen molar-refractivity contribution >= 4 is 0 Å². The normalized spacial score (nSPS) is 0. The van der Waals surface area contributed by atoms with Crippen LogP contribution < -0.4 is 6.15 Å². The van der Waals surface area contributed by atoms with Crippen molar-refractivity contribution < 1.29 is 55.2 Å². The fourth-order valence-corrected chi connectivity index (χ4v) is 0. The number of hydrogen-bond acceptors (Lipinski definition) is 0. The van der Waals surface area contributed by atoms with Gasteiger partial charge < -0.3 is 0 Å². The second-order valence-electron chi connectivity index (χ2n) is 0. The van der Waals surface area contributed by atoms with E-state index in [1.807, 2.05) is 0 Å². The molecule has 1 nitrogen and oxygen atoms in total. The van der Waals surface area contributed by atoms with Gasteiger partial charge in [-0.1, -0.05) is 0 Å². The van der Waals surface area contributed by atoms with Gasteiger partial charge in [-0.2, -0.15) is 0 Å². The molecule has 0 aliphatic rings. The van der Waals surface area contributed by atoms with Crippen molar-refractivity contribution in [2.75, 3.05) is 0 Å². The van der Waals surface area contributed by atoms with Crippen LogP contribution in [0.4, 0.5) is 0 Å². The minimum Gasteiger partial charge on any atom is 0 e. The van der Waals surface area contributed by atoms with Crippen molar-refractivity contribution in [3.8, 4) is 0 Å². The van der Waals surface area contributed by atoms with Gasteiger partial charge in [0.05, 0.1) is 0 Å². The zero-order chi connectivity index (χ0) is 0. The zero-order valence-electron chi connectivity index (χ0n) is 1.60. The molecule has 0 saturated heterocycles. The Hall–Kier alpha value is 1.69. The summed E-state index contributed by atoms with van der Waals surface area (Å²) >= 11 is 0. The van der Waals surface area contributed by atoms with E-state index in [2.05, 4.69) is 0 Å². The summed E-state index contributed by atoms with van der Waals surface area (Å²) in [6.45, 7) is 0. The van der Waals surface area contributed by atoms with Crippen molar-refractivity contribution in [2.24, 2.45) is 0 Å². The van der Waals surface area contributed by atoms with E-state index in [4.69, 9.17) is 0 Å². The van der Waals surface area contributed by atoms with E-state index in [-0.39, 0.29) is 61.4 Å². The van der Waals surface area contributed by atoms with Gasteiger partial charge in [-0.3, -0.25) is 0 Å². The van der Waals surface area contributed by atoms with Gasteiger partial charge in [0.2, 0.25) is 0 Å². The van der Waals surface area contributed by atoms with Crippen molar-refractivity contribution in [1.29, 1.82) is 0 Å². The van der Waals surface area contributed by atoms with Crippen LogP contribution in [0.5, 0.6) is 0 Å². The Balaban J connectivity index is 0. The van der Waals surface area contributed by atoms with E-state index < -0.39 is 0 Å². The molecule has 0 saturated carbocycles. The van der Waals surface area contributed by atoms with Crippen LogP contribution >= 0.6 is 0 Å². The minimum atomic E-state index is 0. The molecule has 0 aromatic carbocycles. The summed E-state index contributed by atoms with van der Waals surface area (Å²) in [7, 11) is 0. The maximum Gasteiger partial charge on any atom is 0 e. The van der Waals surface area contributed by atoms with Crippen LogP contribution in [0.3, 0.4) is 0 Å². The fraction of sp³-hybridized carbons (Fsp3) is 0. The Labute approximate surface area is 61.1 Å². The monoisotopic (exact) mass is 223 g/mol. The molecule has 0 N–H and O–H groups in total. The molecular formula is CoCrMoN. The van der Waals surface area contributed by atoms with Gasteiger partial charge in [0.1, 0.15) is 0 Å². The van der Waals surface area contributed by atoms with Crippen LogP contribution in [0.2, 0.25) is 0 Å². The van der Waals surface area contributed by atoms with Gasteiger partial charge in [0, 0.05) is 61.4 Å². The minimum absolute atomic E-state index is 0. The van der Waals surface area contributed by atoms with Gasteiger partial charge in [-0.25, -0.2) is 0 Å². The first kappa shape index (κ1) is 43.9. The molecular weight excluding hydrogens is 221 g/mol. The molecule has 0 heterocycles. The molecule has 0 aromatic heterocycles.